The summed E-state index contributed by atoms with van der Waals surface area (Å²) in [5.74, 6) is 0. The van der Waals surface area contributed by atoms with Crippen LogP contribution in [0.4, 0.5) is 9.18 Å². The molecule has 98 valence electrons. The Hall–Kier alpha value is -1.62. The third-order valence-electron chi connectivity index (χ3n) is 3.08. The molecule has 1 aromatic carbocycles. The predicted octanol–water partition coefficient (Wildman–Crippen LogP) is 2.34. The summed E-state index contributed by atoms with van der Waals surface area (Å²) in [6.07, 6.45) is -1.94. The largest absolute Gasteiger partial charge is 0.465 e. The lowest BCUT2D eigenvalue weighted by atomic mass is 10.2. The fraction of sp³-hybridized carbons (Fsp3) is 0.462. The van der Waals surface area contributed by atoms with Crippen molar-refractivity contribution in [1.82, 2.24) is 5.32 Å². The van der Waals surface area contributed by atoms with Crippen LogP contribution < -0.4 is 5.32 Å². The minimum atomic E-state index is -1.19. The molecule has 2 N–H and O–H groups in total. The molecule has 1 aliphatic carbocycles. The number of amides is 1. The number of hydrogen-bond donors (Lipinski definition) is 2. The first-order valence-corrected chi connectivity index (χ1v) is 5.94. The highest BCUT2D eigenvalue weighted by molar-refractivity contribution is 5.65. The third-order valence-corrected chi connectivity index (χ3v) is 3.08. The van der Waals surface area contributed by atoms with Crippen LogP contribution in [0.25, 0.3) is 0 Å². The van der Waals surface area contributed by atoms with Crippen molar-refractivity contribution in [2.45, 2.75) is 37.8 Å². The summed E-state index contributed by atoms with van der Waals surface area (Å²) in [5, 5.41) is 10.7. The van der Waals surface area contributed by atoms with E-state index in [1.54, 1.807) is 0 Å². The molecule has 1 fully saturated rings. The van der Waals surface area contributed by atoms with Crippen LogP contribution in [-0.4, -0.2) is 29.5 Å². The number of hydrogen-bond acceptors (Lipinski definition) is 2. The zero-order chi connectivity index (χ0) is 13.0. The van der Waals surface area contributed by atoms with Crippen molar-refractivity contribution in [2.75, 3.05) is 0 Å². The van der Waals surface area contributed by atoms with Gasteiger partial charge in [-0.15, -0.1) is 0 Å². The maximum Gasteiger partial charge on any atom is 0.404 e. The molecule has 3 unspecified atom stereocenters. The number of ether oxygens (including phenoxy) is 1. The number of nitrogens with one attached hydrogen (secondary N) is 1. The van der Waals surface area contributed by atoms with E-state index in [-0.39, 0.29) is 12.5 Å². The molecule has 0 aliphatic heterocycles. The lowest BCUT2D eigenvalue weighted by molar-refractivity contribution is 0.0409. The van der Waals surface area contributed by atoms with Gasteiger partial charge in [-0.3, -0.25) is 0 Å². The van der Waals surface area contributed by atoms with Crippen molar-refractivity contribution >= 4 is 6.09 Å². The second kappa shape index (κ2) is 5.82. The van der Waals surface area contributed by atoms with Crippen LogP contribution in [0.15, 0.2) is 30.3 Å². The van der Waals surface area contributed by atoms with Crippen LogP contribution in [0, 0.1) is 0 Å². The molecule has 0 heterocycles. The first-order chi connectivity index (χ1) is 8.65. The molecule has 5 heteroatoms. The second-order valence-corrected chi connectivity index (χ2v) is 4.46. The van der Waals surface area contributed by atoms with Gasteiger partial charge in [-0.2, -0.15) is 0 Å². The van der Waals surface area contributed by atoms with Crippen molar-refractivity contribution in [3.63, 3.8) is 0 Å². The second-order valence-electron chi connectivity index (χ2n) is 4.46. The average molecular weight is 253 g/mol. The fourth-order valence-electron chi connectivity index (χ4n) is 2.17. The van der Waals surface area contributed by atoms with E-state index in [0.717, 1.165) is 5.56 Å². The molecule has 4 nitrogen and oxygen atoms in total. The lowest BCUT2D eigenvalue weighted by Crippen LogP contribution is -2.37. The third kappa shape index (κ3) is 3.43. The van der Waals surface area contributed by atoms with Gasteiger partial charge < -0.3 is 15.2 Å². The highest BCUT2D eigenvalue weighted by Gasteiger charge is 2.35. The molecule has 3 atom stereocenters. The zero-order valence-corrected chi connectivity index (χ0v) is 9.88. The first kappa shape index (κ1) is 12.8. The Morgan fingerprint density at radius 2 is 2.11 bits per heavy atom. The van der Waals surface area contributed by atoms with Gasteiger partial charge >= 0.3 is 6.09 Å². The first-order valence-electron chi connectivity index (χ1n) is 5.94. The topological polar surface area (TPSA) is 58.6 Å². The average Bonchev–Trinajstić information content (AvgIpc) is 2.68. The smallest absolute Gasteiger partial charge is 0.404 e. The molecule has 0 spiro atoms. The fourth-order valence-corrected chi connectivity index (χ4v) is 2.17. The van der Waals surface area contributed by atoms with E-state index < -0.39 is 18.3 Å². The molecule has 1 amide bonds. The number of carbonyl (C=O) groups is 1. The van der Waals surface area contributed by atoms with Gasteiger partial charge in [0.15, 0.2) is 0 Å². The number of alkyl halides is 1. The van der Waals surface area contributed by atoms with Crippen molar-refractivity contribution in [3.8, 4) is 0 Å². The molecule has 1 aromatic rings. The summed E-state index contributed by atoms with van der Waals surface area (Å²) >= 11 is 0. The van der Waals surface area contributed by atoms with E-state index in [9.17, 15) is 9.18 Å². The standard InChI is InChI=1S/C13H16FNO3/c14-11-6-10(7-12(11)15-13(16)17)18-8-9-4-2-1-3-5-9/h1-5,10-12,15H,6-8H2,(H,16,17). The highest BCUT2D eigenvalue weighted by Crippen LogP contribution is 2.26. The summed E-state index contributed by atoms with van der Waals surface area (Å²) in [5.41, 5.74) is 1.03. The molecule has 2 rings (SSSR count). The lowest BCUT2D eigenvalue weighted by Gasteiger charge is -2.12. The van der Waals surface area contributed by atoms with Gasteiger partial charge in [0, 0.05) is 6.42 Å². The molecular weight excluding hydrogens is 237 g/mol. The summed E-state index contributed by atoms with van der Waals surface area (Å²) in [6, 6.07) is 8.98. The molecule has 18 heavy (non-hydrogen) atoms. The minimum absolute atomic E-state index is 0.225. The van der Waals surface area contributed by atoms with E-state index in [4.69, 9.17) is 9.84 Å². The van der Waals surface area contributed by atoms with Crippen LogP contribution in [0.3, 0.4) is 0 Å². The van der Waals surface area contributed by atoms with Crippen molar-refractivity contribution in [3.05, 3.63) is 35.9 Å². The quantitative estimate of drug-likeness (QED) is 0.865. The maximum atomic E-state index is 13.5. The van der Waals surface area contributed by atoms with E-state index >= 15 is 0 Å². The van der Waals surface area contributed by atoms with E-state index in [1.165, 1.54) is 0 Å². The summed E-state index contributed by atoms with van der Waals surface area (Å²) < 4.78 is 19.1. The highest BCUT2D eigenvalue weighted by atomic mass is 19.1. The van der Waals surface area contributed by atoms with Crippen LogP contribution in [0.2, 0.25) is 0 Å². The molecule has 1 saturated carbocycles. The summed E-state index contributed by atoms with van der Waals surface area (Å²) in [7, 11) is 0. The monoisotopic (exact) mass is 253 g/mol. The summed E-state index contributed by atoms with van der Waals surface area (Å²) in [4.78, 5) is 10.5. The Labute approximate surface area is 105 Å². The Morgan fingerprint density at radius 1 is 1.39 bits per heavy atom. The Kier molecular flexibility index (Phi) is 4.15. The van der Waals surface area contributed by atoms with Gasteiger partial charge in [0.1, 0.15) is 6.17 Å². The number of benzene rings is 1. The van der Waals surface area contributed by atoms with Gasteiger partial charge in [0.25, 0.3) is 0 Å². The van der Waals surface area contributed by atoms with Gasteiger partial charge in [0.2, 0.25) is 0 Å². The molecular formula is C13H16FNO3. The van der Waals surface area contributed by atoms with Gasteiger partial charge in [0.05, 0.1) is 18.8 Å². The SMILES string of the molecule is O=C(O)NC1CC(OCc2ccccc2)CC1F. The van der Waals surface area contributed by atoms with Crippen molar-refractivity contribution in [1.29, 1.82) is 0 Å². The number of halogens is 1. The molecule has 0 saturated heterocycles. The molecule has 0 bridgehead atoms. The van der Waals surface area contributed by atoms with Gasteiger partial charge in [-0.1, -0.05) is 30.3 Å². The van der Waals surface area contributed by atoms with Crippen molar-refractivity contribution in [2.24, 2.45) is 0 Å². The Bertz CT molecular complexity index is 398. The zero-order valence-electron chi connectivity index (χ0n) is 9.88. The minimum Gasteiger partial charge on any atom is -0.465 e. The molecule has 0 radical (unpaired) electrons. The van der Waals surface area contributed by atoms with E-state index in [1.807, 2.05) is 30.3 Å². The van der Waals surface area contributed by atoms with Gasteiger partial charge in [-0.05, 0) is 12.0 Å². The van der Waals surface area contributed by atoms with Crippen molar-refractivity contribution < 1.29 is 19.0 Å². The molecule has 0 aromatic heterocycles. The maximum absolute atomic E-state index is 13.5. The molecule has 1 aliphatic rings. The predicted molar refractivity (Wildman–Crippen MR) is 64.1 cm³/mol. The summed E-state index contributed by atoms with van der Waals surface area (Å²) in [6.45, 7) is 0.429. The number of rotatable bonds is 4. The number of carboxylic acid groups (broad SMARTS) is 1. The Morgan fingerprint density at radius 3 is 2.78 bits per heavy atom. The van der Waals surface area contributed by atoms with Crippen LogP contribution in [0.1, 0.15) is 18.4 Å². The van der Waals surface area contributed by atoms with Gasteiger partial charge in [-0.25, -0.2) is 9.18 Å². The van der Waals surface area contributed by atoms with E-state index in [0.29, 0.717) is 13.0 Å². The van der Waals surface area contributed by atoms with Crippen LogP contribution in [-0.2, 0) is 11.3 Å². The normalized spacial score (nSPS) is 27.1. The van der Waals surface area contributed by atoms with E-state index in [2.05, 4.69) is 5.32 Å². The Balaban J connectivity index is 1.80. The van der Waals surface area contributed by atoms with Crippen LogP contribution in [0.5, 0.6) is 0 Å². The van der Waals surface area contributed by atoms with Crippen LogP contribution >= 0.6 is 0 Å².